The Balaban J connectivity index is 2.31. The van der Waals surface area contributed by atoms with E-state index in [0.29, 0.717) is 13.2 Å². The number of nitrogens with two attached hydrogens (primary N) is 1. The Morgan fingerprint density at radius 2 is 1.94 bits per heavy atom. The smallest absolute Gasteiger partial charge is 0.161 e. The molecule has 2 N–H and O–H groups in total. The Bertz CT molecular complexity index is 382. The summed E-state index contributed by atoms with van der Waals surface area (Å²) < 4.78 is 11.1. The zero-order valence-corrected chi connectivity index (χ0v) is 10.5. The summed E-state index contributed by atoms with van der Waals surface area (Å²) in [5.41, 5.74) is 8.45. The summed E-state index contributed by atoms with van der Waals surface area (Å²) in [7, 11) is 0. The third-order valence-corrected chi connectivity index (χ3v) is 3.37. The topological polar surface area (TPSA) is 44.5 Å². The van der Waals surface area contributed by atoms with E-state index in [0.717, 1.165) is 22.8 Å². The fourth-order valence-electron chi connectivity index (χ4n) is 1.87. The van der Waals surface area contributed by atoms with Crippen molar-refractivity contribution >= 4 is 11.8 Å². The predicted molar refractivity (Wildman–Crippen MR) is 67.5 cm³/mol. The number of hydrogen-bond acceptors (Lipinski definition) is 4. The molecule has 0 aliphatic carbocycles. The lowest BCUT2D eigenvalue weighted by Gasteiger charge is -2.22. The van der Waals surface area contributed by atoms with Gasteiger partial charge in [-0.05, 0) is 36.4 Å². The lowest BCUT2D eigenvalue weighted by Crippen LogP contribution is -2.18. The van der Waals surface area contributed by atoms with E-state index >= 15 is 0 Å². The Hall–Kier alpha value is -0.870. The molecule has 1 aromatic carbocycles. The van der Waals surface area contributed by atoms with Crippen LogP contribution in [0.15, 0.2) is 12.1 Å². The Morgan fingerprint density at radius 1 is 1.31 bits per heavy atom. The van der Waals surface area contributed by atoms with Gasteiger partial charge in [-0.15, -0.1) is 0 Å². The minimum Gasteiger partial charge on any atom is -0.486 e. The highest BCUT2D eigenvalue weighted by atomic mass is 32.2. The van der Waals surface area contributed by atoms with E-state index < -0.39 is 0 Å². The molecule has 1 aliphatic rings. The lowest BCUT2D eigenvalue weighted by atomic mass is 10.0. The van der Waals surface area contributed by atoms with Crippen LogP contribution < -0.4 is 15.2 Å². The van der Waals surface area contributed by atoms with Gasteiger partial charge in [-0.3, -0.25) is 0 Å². The molecule has 0 bridgehead atoms. The van der Waals surface area contributed by atoms with Crippen molar-refractivity contribution in [3.8, 4) is 11.5 Å². The van der Waals surface area contributed by atoms with Gasteiger partial charge >= 0.3 is 0 Å². The third kappa shape index (κ3) is 2.28. The fraction of sp³-hybridized carbons (Fsp3) is 0.500. The largest absolute Gasteiger partial charge is 0.486 e. The number of fused-ring (bicyclic) bond motifs is 1. The molecule has 0 radical (unpaired) electrons. The summed E-state index contributed by atoms with van der Waals surface area (Å²) in [6.45, 7) is 3.31. The first-order chi connectivity index (χ1) is 7.72. The van der Waals surface area contributed by atoms with Crippen molar-refractivity contribution in [3.63, 3.8) is 0 Å². The highest BCUT2D eigenvalue weighted by Gasteiger charge is 2.17. The summed E-state index contributed by atoms with van der Waals surface area (Å²) in [5, 5.41) is 0. The minimum atomic E-state index is 0.0610. The van der Waals surface area contributed by atoms with Crippen molar-refractivity contribution in [1.82, 2.24) is 0 Å². The van der Waals surface area contributed by atoms with Gasteiger partial charge in [-0.1, -0.05) is 0 Å². The van der Waals surface area contributed by atoms with E-state index in [2.05, 4.69) is 13.2 Å². The number of ether oxygens (including phenoxy) is 2. The van der Waals surface area contributed by atoms with Gasteiger partial charge in [0, 0.05) is 11.8 Å². The monoisotopic (exact) mass is 239 g/mol. The van der Waals surface area contributed by atoms with Crippen LogP contribution in [0.25, 0.3) is 0 Å². The molecule has 4 heteroatoms. The maximum Gasteiger partial charge on any atom is 0.161 e. The summed E-state index contributed by atoms with van der Waals surface area (Å²) in [6.07, 6.45) is 2.06. The molecule has 0 amide bonds. The first-order valence-electron chi connectivity index (χ1n) is 5.37. The van der Waals surface area contributed by atoms with Crippen LogP contribution >= 0.6 is 11.8 Å². The third-order valence-electron chi connectivity index (χ3n) is 2.68. The second kappa shape index (κ2) is 4.97. The SMILES string of the molecule is CSCC(N)c1cc2c(cc1C)OCCO2. The van der Waals surface area contributed by atoms with Crippen LogP contribution in [-0.4, -0.2) is 25.2 Å². The highest BCUT2D eigenvalue weighted by molar-refractivity contribution is 7.98. The number of hydrogen-bond donors (Lipinski definition) is 1. The van der Waals surface area contributed by atoms with Gasteiger partial charge in [0.15, 0.2) is 11.5 Å². The molecule has 0 spiro atoms. The first-order valence-corrected chi connectivity index (χ1v) is 6.76. The molecule has 1 heterocycles. The van der Waals surface area contributed by atoms with E-state index in [-0.39, 0.29) is 6.04 Å². The molecule has 16 heavy (non-hydrogen) atoms. The molecule has 2 rings (SSSR count). The van der Waals surface area contributed by atoms with E-state index in [1.165, 1.54) is 5.56 Å². The summed E-state index contributed by atoms with van der Waals surface area (Å²) in [4.78, 5) is 0. The minimum absolute atomic E-state index is 0.0610. The van der Waals surface area contributed by atoms with Gasteiger partial charge in [0.25, 0.3) is 0 Å². The van der Waals surface area contributed by atoms with E-state index in [4.69, 9.17) is 15.2 Å². The number of thioether (sulfide) groups is 1. The number of rotatable bonds is 3. The second-order valence-electron chi connectivity index (χ2n) is 3.91. The molecule has 88 valence electrons. The van der Waals surface area contributed by atoms with Crippen LogP contribution in [0.2, 0.25) is 0 Å². The van der Waals surface area contributed by atoms with E-state index in [1.807, 2.05) is 12.1 Å². The molecular formula is C12H17NO2S. The zero-order chi connectivity index (χ0) is 11.5. The molecule has 0 fully saturated rings. The van der Waals surface area contributed by atoms with Crippen LogP contribution in [0.3, 0.4) is 0 Å². The number of aryl methyl sites for hydroxylation is 1. The quantitative estimate of drug-likeness (QED) is 0.877. The average molecular weight is 239 g/mol. The van der Waals surface area contributed by atoms with Crippen LogP contribution in [-0.2, 0) is 0 Å². The van der Waals surface area contributed by atoms with Gasteiger partial charge in [-0.25, -0.2) is 0 Å². The lowest BCUT2D eigenvalue weighted by molar-refractivity contribution is 0.171. The second-order valence-corrected chi connectivity index (χ2v) is 4.82. The average Bonchev–Trinajstić information content (AvgIpc) is 2.28. The van der Waals surface area contributed by atoms with Crippen molar-refractivity contribution in [1.29, 1.82) is 0 Å². The summed E-state index contributed by atoms with van der Waals surface area (Å²) in [6, 6.07) is 4.10. The Labute approximate surface area is 100 Å². The zero-order valence-electron chi connectivity index (χ0n) is 9.66. The van der Waals surface area contributed by atoms with E-state index in [9.17, 15) is 0 Å². The molecule has 0 saturated heterocycles. The standard InChI is InChI=1S/C12H17NO2S/c1-8-5-11-12(15-4-3-14-11)6-9(8)10(13)7-16-2/h5-6,10H,3-4,7,13H2,1-2H3. The fourth-order valence-corrected chi connectivity index (χ4v) is 2.41. The number of benzene rings is 1. The Morgan fingerprint density at radius 3 is 2.56 bits per heavy atom. The molecule has 1 aromatic rings. The van der Waals surface area contributed by atoms with Gasteiger partial charge in [0.2, 0.25) is 0 Å². The van der Waals surface area contributed by atoms with Gasteiger partial charge in [0.1, 0.15) is 13.2 Å². The molecule has 0 saturated carbocycles. The summed E-state index contributed by atoms with van der Waals surface area (Å²) in [5.74, 6) is 2.58. The van der Waals surface area contributed by atoms with Crippen LogP contribution in [0.5, 0.6) is 11.5 Å². The molecule has 1 aliphatic heterocycles. The first kappa shape index (κ1) is 11.6. The maximum absolute atomic E-state index is 6.12. The molecule has 1 unspecified atom stereocenters. The Kier molecular flexibility index (Phi) is 3.61. The van der Waals surface area contributed by atoms with Crippen molar-refractivity contribution in [2.45, 2.75) is 13.0 Å². The van der Waals surface area contributed by atoms with Crippen molar-refractivity contribution < 1.29 is 9.47 Å². The van der Waals surface area contributed by atoms with Gasteiger partial charge in [-0.2, -0.15) is 11.8 Å². The van der Waals surface area contributed by atoms with Gasteiger partial charge < -0.3 is 15.2 Å². The molecule has 0 aromatic heterocycles. The van der Waals surface area contributed by atoms with E-state index in [1.54, 1.807) is 11.8 Å². The predicted octanol–water partition coefficient (Wildman–Crippen LogP) is 2.13. The highest BCUT2D eigenvalue weighted by Crippen LogP contribution is 2.35. The normalized spacial score (nSPS) is 15.9. The van der Waals surface area contributed by atoms with Gasteiger partial charge in [0.05, 0.1) is 0 Å². The molecule has 3 nitrogen and oxygen atoms in total. The van der Waals surface area contributed by atoms with Crippen molar-refractivity contribution in [2.24, 2.45) is 5.73 Å². The van der Waals surface area contributed by atoms with Crippen molar-refractivity contribution in [3.05, 3.63) is 23.3 Å². The van der Waals surface area contributed by atoms with Crippen LogP contribution in [0, 0.1) is 6.92 Å². The van der Waals surface area contributed by atoms with Crippen molar-refractivity contribution in [2.75, 3.05) is 25.2 Å². The van der Waals surface area contributed by atoms with Crippen LogP contribution in [0.4, 0.5) is 0 Å². The maximum atomic E-state index is 6.12. The van der Waals surface area contributed by atoms with Crippen LogP contribution in [0.1, 0.15) is 17.2 Å². The summed E-state index contributed by atoms with van der Waals surface area (Å²) >= 11 is 1.75. The molecular weight excluding hydrogens is 222 g/mol. The molecule has 1 atom stereocenters.